The Hall–Kier alpha value is -0.860. The van der Waals surface area contributed by atoms with E-state index in [2.05, 4.69) is 38.9 Å². The lowest BCUT2D eigenvalue weighted by molar-refractivity contribution is 0.620. The zero-order chi connectivity index (χ0) is 12.3. The monoisotopic (exact) mass is 364 g/mol. The predicted octanol–water partition coefficient (Wildman–Crippen LogP) is 0.903. The Kier molecular flexibility index (Phi) is 5.83. The largest absolute Gasteiger partial charge is 0.370 e. The zero-order valence-electron chi connectivity index (χ0n) is 10.9. The third-order valence-corrected chi connectivity index (χ3v) is 2.77. The van der Waals surface area contributed by atoms with Crippen LogP contribution in [0.15, 0.2) is 4.99 Å². The molecule has 0 aromatic carbocycles. The third-order valence-electron chi connectivity index (χ3n) is 2.77. The van der Waals surface area contributed by atoms with E-state index in [0.717, 1.165) is 37.6 Å². The van der Waals surface area contributed by atoms with E-state index in [1.165, 1.54) is 0 Å². The zero-order valence-corrected chi connectivity index (χ0v) is 13.2. The lowest BCUT2D eigenvalue weighted by atomic mass is 10.2. The molecule has 0 saturated carbocycles. The number of fused-ring (bicyclic) bond motifs is 1. The summed E-state index contributed by atoms with van der Waals surface area (Å²) in [6.45, 7) is 6.61. The Labute approximate surface area is 124 Å². The summed E-state index contributed by atoms with van der Waals surface area (Å²) in [7, 11) is 0. The second-order valence-corrected chi connectivity index (χ2v) is 4.76. The molecule has 0 atom stereocenters. The fraction of sp³-hybridized carbons (Fsp3) is 0.727. The van der Waals surface area contributed by atoms with Crippen LogP contribution in [0.5, 0.6) is 0 Å². The lowest BCUT2D eigenvalue weighted by Crippen LogP contribution is -2.34. The first kappa shape index (κ1) is 15.2. The number of hydrogen-bond donors (Lipinski definition) is 2. The summed E-state index contributed by atoms with van der Waals surface area (Å²) in [5.41, 5.74) is 5.77. The smallest absolute Gasteiger partial charge is 0.189 e. The van der Waals surface area contributed by atoms with Crippen LogP contribution in [0.2, 0.25) is 0 Å². The number of aromatic nitrogens is 3. The van der Waals surface area contributed by atoms with E-state index in [1.54, 1.807) is 0 Å². The summed E-state index contributed by atoms with van der Waals surface area (Å²) in [5, 5.41) is 11.3. The van der Waals surface area contributed by atoms with Gasteiger partial charge in [-0.15, -0.1) is 34.2 Å². The summed E-state index contributed by atoms with van der Waals surface area (Å²) >= 11 is 0. The predicted molar refractivity (Wildman–Crippen MR) is 81.9 cm³/mol. The number of nitrogens with one attached hydrogen (secondary N) is 1. The van der Waals surface area contributed by atoms with Crippen molar-refractivity contribution in [1.29, 1.82) is 0 Å². The van der Waals surface area contributed by atoms with Crippen molar-refractivity contribution in [3.8, 4) is 0 Å². The van der Waals surface area contributed by atoms with Crippen molar-refractivity contribution in [1.82, 2.24) is 20.1 Å². The highest BCUT2D eigenvalue weighted by atomic mass is 127. The van der Waals surface area contributed by atoms with Crippen LogP contribution in [0.1, 0.15) is 31.9 Å². The van der Waals surface area contributed by atoms with Gasteiger partial charge in [-0.3, -0.25) is 0 Å². The first-order valence-electron chi connectivity index (χ1n) is 6.11. The molecule has 0 aliphatic carbocycles. The minimum atomic E-state index is 0. The van der Waals surface area contributed by atoms with Gasteiger partial charge in [-0.1, -0.05) is 13.8 Å². The van der Waals surface area contributed by atoms with Gasteiger partial charge in [0.1, 0.15) is 12.4 Å². The van der Waals surface area contributed by atoms with Crippen molar-refractivity contribution in [3.63, 3.8) is 0 Å². The number of hydrogen-bond acceptors (Lipinski definition) is 3. The molecule has 0 saturated heterocycles. The number of nitrogens with zero attached hydrogens (tertiary/aromatic N) is 4. The molecule has 0 fully saturated rings. The van der Waals surface area contributed by atoms with Gasteiger partial charge in [-0.25, -0.2) is 4.99 Å². The van der Waals surface area contributed by atoms with Crippen LogP contribution in [0.4, 0.5) is 0 Å². The molecule has 1 aromatic heterocycles. The molecule has 0 unspecified atom stereocenters. The average molecular weight is 364 g/mol. The molecule has 2 rings (SSSR count). The van der Waals surface area contributed by atoms with Crippen LogP contribution >= 0.6 is 24.0 Å². The standard InChI is InChI=1S/C11H20N6.HI/c1-8(2)6-13-11(12)14-7-10-16-15-9-4-3-5-17(9)10;/h8H,3-7H2,1-2H3,(H3,12,13,14);1H. The Morgan fingerprint density at radius 1 is 1.50 bits per heavy atom. The summed E-state index contributed by atoms with van der Waals surface area (Å²) in [4.78, 5) is 4.28. The SMILES string of the molecule is CC(C)CNC(N)=NCc1nnc2n1CCC2.I. The molecular formula is C11H21IN6. The first-order valence-corrected chi connectivity index (χ1v) is 6.11. The summed E-state index contributed by atoms with van der Waals surface area (Å²) < 4.78 is 2.14. The maximum atomic E-state index is 5.77. The normalized spacial score (nSPS) is 14.5. The van der Waals surface area contributed by atoms with Crippen LogP contribution < -0.4 is 11.1 Å². The van der Waals surface area contributed by atoms with Gasteiger partial charge >= 0.3 is 0 Å². The minimum Gasteiger partial charge on any atom is -0.370 e. The second-order valence-electron chi connectivity index (χ2n) is 4.76. The molecule has 3 N–H and O–H groups in total. The molecule has 7 heteroatoms. The van der Waals surface area contributed by atoms with Crippen molar-refractivity contribution >= 4 is 29.9 Å². The molecule has 0 bridgehead atoms. The quantitative estimate of drug-likeness (QED) is 0.473. The Morgan fingerprint density at radius 3 is 3.00 bits per heavy atom. The fourth-order valence-electron chi connectivity index (χ4n) is 1.85. The molecule has 102 valence electrons. The molecule has 1 aliphatic rings. The number of halogens is 1. The van der Waals surface area contributed by atoms with Gasteiger partial charge in [-0.05, 0) is 12.3 Å². The van der Waals surface area contributed by atoms with E-state index in [4.69, 9.17) is 5.73 Å². The van der Waals surface area contributed by atoms with E-state index in [0.29, 0.717) is 18.4 Å². The molecule has 0 radical (unpaired) electrons. The van der Waals surface area contributed by atoms with Gasteiger partial charge in [0.05, 0.1) is 0 Å². The van der Waals surface area contributed by atoms with Gasteiger partial charge in [-0.2, -0.15) is 0 Å². The van der Waals surface area contributed by atoms with Crippen molar-refractivity contribution in [2.24, 2.45) is 16.6 Å². The van der Waals surface area contributed by atoms with E-state index in [-0.39, 0.29) is 24.0 Å². The number of aliphatic imine (C=N–C) groups is 1. The second kappa shape index (κ2) is 6.91. The number of guanidine groups is 1. The fourth-order valence-corrected chi connectivity index (χ4v) is 1.85. The average Bonchev–Trinajstić information content (AvgIpc) is 2.86. The Morgan fingerprint density at radius 2 is 2.28 bits per heavy atom. The van der Waals surface area contributed by atoms with E-state index in [9.17, 15) is 0 Å². The van der Waals surface area contributed by atoms with Crippen LogP contribution in [0.3, 0.4) is 0 Å². The highest BCUT2D eigenvalue weighted by Crippen LogP contribution is 2.14. The number of aryl methyl sites for hydroxylation is 1. The topological polar surface area (TPSA) is 81.1 Å². The summed E-state index contributed by atoms with van der Waals surface area (Å²) in [6.07, 6.45) is 2.18. The van der Waals surface area contributed by atoms with E-state index in [1.807, 2.05) is 0 Å². The van der Waals surface area contributed by atoms with E-state index < -0.39 is 0 Å². The molecular weight excluding hydrogens is 343 g/mol. The molecule has 1 aromatic rings. The van der Waals surface area contributed by atoms with Gasteiger partial charge in [0, 0.05) is 19.5 Å². The molecule has 1 aliphatic heterocycles. The highest BCUT2D eigenvalue weighted by Gasteiger charge is 2.16. The number of rotatable bonds is 4. The van der Waals surface area contributed by atoms with E-state index >= 15 is 0 Å². The van der Waals surface area contributed by atoms with Gasteiger partial charge in [0.25, 0.3) is 0 Å². The van der Waals surface area contributed by atoms with Gasteiger partial charge < -0.3 is 15.6 Å². The Bertz CT molecular complexity index is 412. The van der Waals surface area contributed by atoms with Crippen LogP contribution in [0, 0.1) is 5.92 Å². The minimum absolute atomic E-state index is 0. The first-order chi connectivity index (χ1) is 8.16. The maximum absolute atomic E-state index is 5.77. The molecule has 2 heterocycles. The van der Waals surface area contributed by atoms with Crippen molar-refractivity contribution in [2.45, 2.75) is 39.8 Å². The molecule has 0 spiro atoms. The summed E-state index contributed by atoms with van der Waals surface area (Å²) in [6, 6.07) is 0. The van der Waals surface area contributed by atoms with Crippen LogP contribution in [0.25, 0.3) is 0 Å². The highest BCUT2D eigenvalue weighted by molar-refractivity contribution is 14.0. The molecule has 18 heavy (non-hydrogen) atoms. The van der Waals surface area contributed by atoms with Crippen LogP contribution in [-0.2, 0) is 19.5 Å². The van der Waals surface area contributed by atoms with Crippen molar-refractivity contribution < 1.29 is 0 Å². The van der Waals surface area contributed by atoms with Crippen molar-refractivity contribution in [3.05, 3.63) is 11.6 Å². The number of nitrogens with two attached hydrogens (primary N) is 1. The van der Waals surface area contributed by atoms with Crippen LogP contribution in [-0.4, -0.2) is 27.3 Å². The molecule has 0 amide bonds. The summed E-state index contributed by atoms with van der Waals surface area (Å²) in [5.74, 6) is 3.02. The lowest BCUT2D eigenvalue weighted by Gasteiger charge is -2.07. The third kappa shape index (κ3) is 3.82. The van der Waals surface area contributed by atoms with Gasteiger partial charge in [0.15, 0.2) is 11.8 Å². The van der Waals surface area contributed by atoms with Crippen molar-refractivity contribution in [2.75, 3.05) is 6.54 Å². The van der Waals surface area contributed by atoms with Gasteiger partial charge in [0.2, 0.25) is 0 Å². The molecule has 6 nitrogen and oxygen atoms in total. The Balaban J connectivity index is 0.00000162. The maximum Gasteiger partial charge on any atom is 0.189 e.